The molecule has 4 rings (SSSR count). The Balaban J connectivity index is 1.49. The van der Waals surface area contributed by atoms with Gasteiger partial charge in [-0.1, -0.05) is 24.3 Å². The Bertz CT molecular complexity index is 1110. The first-order valence-electron chi connectivity index (χ1n) is 8.78. The van der Waals surface area contributed by atoms with Crippen LogP contribution in [-0.2, 0) is 0 Å². The molecule has 2 heterocycles. The van der Waals surface area contributed by atoms with Crippen LogP contribution in [0.25, 0.3) is 22.2 Å². The van der Waals surface area contributed by atoms with Crippen molar-refractivity contribution in [3.05, 3.63) is 78.1 Å². The quantitative estimate of drug-likeness (QED) is 0.454. The minimum Gasteiger partial charge on any atom is -0.346 e. The minimum atomic E-state index is -0.257. The van der Waals surface area contributed by atoms with Gasteiger partial charge in [-0.15, -0.1) is 0 Å². The van der Waals surface area contributed by atoms with E-state index in [9.17, 15) is 4.79 Å². The molecule has 0 spiro atoms. The smallest absolute Gasteiger partial charge is 0.323 e. The molecule has 5 nitrogen and oxygen atoms in total. The zero-order valence-electron chi connectivity index (χ0n) is 15.2. The SMILES string of the molecule is Cc1ccc(C)c(NC(=O)Nc2ccc(-c3c[nH]c4ncccc34)cc2)c1. The summed E-state index contributed by atoms with van der Waals surface area (Å²) < 4.78 is 0. The third-order valence-electron chi connectivity index (χ3n) is 4.55. The van der Waals surface area contributed by atoms with Crippen molar-refractivity contribution in [3.8, 4) is 11.1 Å². The number of hydrogen-bond donors (Lipinski definition) is 3. The highest BCUT2D eigenvalue weighted by Gasteiger charge is 2.08. The highest BCUT2D eigenvalue weighted by molar-refractivity contribution is 6.00. The van der Waals surface area contributed by atoms with E-state index < -0.39 is 0 Å². The molecule has 2 amide bonds. The van der Waals surface area contributed by atoms with E-state index in [-0.39, 0.29) is 6.03 Å². The van der Waals surface area contributed by atoms with Gasteiger partial charge in [0, 0.05) is 34.7 Å². The predicted molar refractivity (Wildman–Crippen MR) is 110 cm³/mol. The molecule has 0 aliphatic carbocycles. The van der Waals surface area contributed by atoms with Crippen LogP contribution >= 0.6 is 0 Å². The van der Waals surface area contributed by atoms with Gasteiger partial charge in [0.1, 0.15) is 5.65 Å². The van der Waals surface area contributed by atoms with Gasteiger partial charge in [0.25, 0.3) is 0 Å². The van der Waals surface area contributed by atoms with E-state index in [1.807, 2.05) is 74.6 Å². The molecule has 2 aromatic heterocycles. The summed E-state index contributed by atoms with van der Waals surface area (Å²) in [5.41, 5.74) is 6.70. The summed E-state index contributed by atoms with van der Waals surface area (Å²) in [7, 11) is 0. The first-order chi connectivity index (χ1) is 13.1. The van der Waals surface area contributed by atoms with E-state index in [0.717, 1.165) is 44.7 Å². The summed E-state index contributed by atoms with van der Waals surface area (Å²) in [5.74, 6) is 0. The molecule has 3 N–H and O–H groups in total. The number of amides is 2. The first kappa shape index (κ1) is 16.8. The fourth-order valence-electron chi connectivity index (χ4n) is 3.08. The standard InChI is InChI=1S/C22H20N4O/c1-14-5-6-15(2)20(12-14)26-22(27)25-17-9-7-16(8-10-17)19-13-24-21-18(19)4-3-11-23-21/h3-13H,1-2H3,(H,23,24)(H2,25,26,27). The lowest BCUT2D eigenvalue weighted by molar-refractivity contribution is 0.262. The van der Waals surface area contributed by atoms with Gasteiger partial charge in [0.05, 0.1) is 0 Å². The Hall–Kier alpha value is -3.60. The zero-order valence-corrected chi connectivity index (χ0v) is 15.2. The second kappa shape index (κ2) is 6.96. The van der Waals surface area contributed by atoms with Crippen LogP contribution in [0, 0.1) is 13.8 Å². The van der Waals surface area contributed by atoms with Gasteiger partial charge >= 0.3 is 6.03 Å². The van der Waals surface area contributed by atoms with Crippen molar-refractivity contribution >= 4 is 28.4 Å². The molecule has 0 unspecified atom stereocenters. The molecule has 0 bridgehead atoms. The lowest BCUT2D eigenvalue weighted by atomic mass is 10.1. The zero-order chi connectivity index (χ0) is 18.8. The molecule has 2 aromatic carbocycles. The summed E-state index contributed by atoms with van der Waals surface area (Å²) in [4.78, 5) is 19.8. The van der Waals surface area contributed by atoms with E-state index in [1.54, 1.807) is 6.20 Å². The van der Waals surface area contributed by atoms with Crippen LogP contribution in [0.4, 0.5) is 16.2 Å². The average Bonchev–Trinajstić information content (AvgIpc) is 3.09. The number of nitrogens with zero attached hydrogens (tertiary/aromatic N) is 1. The fraction of sp³-hybridized carbons (Fsp3) is 0.0909. The van der Waals surface area contributed by atoms with Crippen molar-refractivity contribution in [1.29, 1.82) is 0 Å². The van der Waals surface area contributed by atoms with Crippen LogP contribution in [0.5, 0.6) is 0 Å². The number of H-pyrrole nitrogens is 1. The number of anilines is 2. The van der Waals surface area contributed by atoms with Gasteiger partial charge in [-0.05, 0) is 60.9 Å². The Morgan fingerprint density at radius 2 is 1.81 bits per heavy atom. The van der Waals surface area contributed by atoms with Crippen LogP contribution in [-0.4, -0.2) is 16.0 Å². The minimum absolute atomic E-state index is 0.257. The molecular formula is C22H20N4O. The van der Waals surface area contributed by atoms with Crippen LogP contribution in [0.3, 0.4) is 0 Å². The van der Waals surface area contributed by atoms with Crippen molar-refractivity contribution in [3.63, 3.8) is 0 Å². The maximum absolute atomic E-state index is 12.3. The van der Waals surface area contributed by atoms with E-state index in [1.165, 1.54) is 0 Å². The molecule has 0 atom stereocenters. The monoisotopic (exact) mass is 356 g/mol. The molecule has 5 heteroatoms. The second-order valence-corrected chi connectivity index (χ2v) is 6.58. The molecule has 0 saturated carbocycles. The lowest BCUT2D eigenvalue weighted by Gasteiger charge is -2.11. The fourth-order valence-corrected chi connectivity index (χ4v) is 3.08. The molecule has 0 fully saturated rings. The van der Waals surface area contributed by atoms with E-state index in [0.29, 0.717) is 0 Å². The molecule has 0 aliphatic rings. The van der Waals surface area contributed by atoms with Crippen LogP contribution in [0.1, 0.15) is 11.1 Å². The summed E-state index contributed by atoms with van der Waals surface area (Å²) in [6.07, 6.45) is 3.72. The number of carbonyl (C=O) groups is 1. The number of benzene rings is 2. The summed E-state index contributed by atoms with van der Waals surface area (Å²) in [6, 6.07) is 17.5. The van der Waals surface area contributed by atoms with Crippen LogP contribution in [0.2, 0.25) is 0 Å². The number of carbonyl (C=O) groups excluding carboxylic acids is 1. The van der Waals surface area contributed by atoms with Gasteiger partial charge in [-0.2, -0.15) is 0 Å². The number of urea groups is 1. The van der Waals surface area contributed by atoms with Crippen LogP contribution in [0.15, 0.2) is 67.0 Å². The first-order valence-corrected chi connectivity index (χ1v) is 8.78. The topological polar surface area (TPSA) is 69.8 Å². The average molecular weight is 356 g/mol. The number of rotatable bonds is 3. The predicted octanol–water partition coefficient (Wildman–Crippen LogP) is 5.49. The van der Waals surface area contributed by atoms with Crippen molar-refractivity contribution in [2.75, 3.05) is 10.6 Å². The Labute approximate surface area is 157 Å². The Morgan fingerprint density at radius 3 is 2.63 bits per heavy atom. The van der Waals surface area contributed by atoms with E-state index in [2.05, 4.69) is 20.6 Å². The summed E-state index contributed by atoms with van der Waals surface area (Å²) >= 11 is 0. The number of fused-ring (bicyclic) bond motifs is 1. The number of pyridine rings is 1. The van der Waals surface area contributed by atoms with E-state index >= 15 is 0 Å². The number of nitrogens with one attached hydrogen (secondary N) is 3. The van der Waals surface area contributed by atoms with Crippen molar-refractivity contribution in [2.45, 2.75) is 13.8 Å². The van der Waals surface area contributed by atoms with E-state index in [4.69, 9.17) is 0 Å². The van der Waals surface area contributed by atoms with Gasteiger partial charge in [-0.25, -0.2) is 9.78 Å². The molecule has 134 valence electrons. The lowest BCUT2D eigenvalue weighted by Crippen LogP contribution is -2.20. The third-order valence-corrected chi connectivity index (χ3v) is 4.55. The molecule has 4 aromatic rings. The summed E-state index contributed by atoms with van der Waals surface area (Å²) in [6.45, 7) is 3.97. The number of hydrogen-bond acceptors (Lipinski definition) is 2. The van der Waals surface area contributed by atoms with Gasteiger partial charge in [0.2, 0.25) is 0 Å². The molecule has 27 heavy (non-hydrogen) atoms. The van der Waals surface area contributed by atoms with Crippen molar-refractivity contribution in [2.24, 2.45) is 0 Å². The van der Waals surface area contributed by atoms with Gasteiger partial charge in [0.15, 0.2) is 0 Å². The Kier molecular flexibility index (Phi) is 4.34. The normalized spacial score (nSPS) is 10.7. The third kappa shape index (κ3) is 3.53. The second-order valence-electron chi connectivity index (χ2n) is 6.58. The Morgan fingerprint density at radius 1 is 1.00 bits per heavy atom. The largest absolute Gasteiger partial charge is 0.346 e. The molecular weight excluding hydrogens is 336 g/mol. The van der Waals surface area contributed by atoms with Gasteiger partial charge < -0.3 is 15.6 Å². The molecule has 0 aliphatic heterocycles. The maximum Gasteiger partial charge on any atom is 0.323 e. The highest BCUT2D eigenvalue weighted by atomic mass is 16.2. The molecule has 0 saturated heterocycles. The number of aromatic nitrogens is 2. The highest BCUT2D eigenvalue weighted by Crippen LogP contribution is 2.28. The summed E-state index contributed by atoms with van der Waals surface area (Å²) in [5, 5.41) is 6.85. The maximum atomic E-state index is 12.3. The number of aryl methyl sites for hydroxylation is 2. The molecule has 0 radical (unpaired) electrons. The van der Waals surface area contributed by atoms with Crippen molar-refractivity contribution < 1.29 is 4.79 Å². The van der Waals surface area contributed by atoms with Gasteiger partial charge in [-0.3, -0.25) is 0 Å². The van der Waals surface area contributed by atoms with Crippen LogP contribution < -0.4 is 10.6 Å². The number of aromatic amines is 1. The van der Waals surface area contributed by atoms with Crippen molar-refractivity contribution in [1.82, 2.24) is 9.97 Å².